The van der Waals surface area contributed by atoms with Crippen molar-refractivity contribution in [2.24, 2.45) is 0 Å². The second-order valence-corrected chi connectivity index (χ2v) is 6.81. The zero-order chi connectivity index (χ0) is 17.3. The lowest BCUT2D eigenvalue weighted by Crippen LogP contribution is -2.54. The number of nitrogens with zero attached hydrogens (tertiary/aromatic N) is 2. The molecule has 1 aromatic carbocycles. The zero-order valence-electron chi connectivity index (χ0n) is 15.0. The Balaban J connectivity index is 1.78. The maximum atomic E-state index is 9.91. The van der Waals surface area contributed by atoms with Gasteiger partial charge in [0.2, 0.25) is 5.75 Å². The van der Waals surface area contributed by atoms with Gasteiger partial charge in [-0.25, -0.2) is 0 Å². The number of rotatable bonds is 5. The van der Waals surface area contributed by atoms with Crippen molar-refractivity contribution in [3.05, 3.63) is 17.7 Å². The topological polar surface area (TPSA) is 54.4 Å². The average molecular weight is 336 g/mol. The minimum atomic E-state index is -0.177. The predicted octanol–water partition coefficient (Wildman–Crippen LogP) is 1.35. The van der Waals surface area contributed by atoms with Gasteiger partial charge in [-0.1, -0.05) is 0 Å². The summed E-state index contributed by atoms with van der Waals surface area (Å²) in [6.07, 6.45) is 0.696. The molecule has 2 fully saturated rings. The molecule has 3 rings (SSSR count). The van der Waals surface area contributed by atoms with Crippen molar-refractivity contribution in [3.63, 3.8) is 0 Å². The maximum absolute atomic E-state index is 9.91. The van der Waals surface area contributed by atoms with Crippen molar-refractivity contribution in [3.8, 4) is 17.2 Å². The fraction of sp³-hybridized carbons (Fsp3) is 0.667. The van der Waals surface area contributed by atoms with Crippen LogP contribution < -0.4 is 14.2 Å². The van der Waals surface area contributed by atoms with Crippen LogP contribution in [0, 0.1) is 0 Å². The first-order valence-electron chi connectivity index (χ1n) is 8.50. The van der Waals surface area contributed by atoms with Crippen LogP contribution >= 0.6 is 0 Å². The summed E-state index contributed by atoms with van der Waals surface area (Å²) in [5, 5.41) is 9.91. The standard InChI is InChI=1S/C18H28N2O4/c1-12-8-20-11-15(21)7-14(20)10-19(12)9-13-5-16(22-2)18(24-4)17(6-13)23-3/h5-6,12,14-15,21H,7-11H2,1-4H3/t12-,14-,15+/m0/s1. The third kappa shape index (κ3) is 3.31. The van der Waals surface area contributed by atoms with Crippen molar-refractivity contribution >= 4 is 0 Å². The van der Waals surface area contributed by atoms with Gasteiger partial charge in [0.25, 0.3) is 0 Å². The van der Waals surface area contributed by atoms with Gasteiger partial charge < -0.3 is 19.3 Å². The summed E-state index contributed by atoms with van der Waals surface area (Å²) >= 11 is 0. The van der Waals surface area contributed by atoms with Gasteiger partial charge in [0.15, 0.2) is 11.5 Å². The summed E-state index contributed by atoms with van der Waals surface area (Å²) in [6.45, 7) is 5.88. The number of aliphatic hydroxyl groups is 1. The Morgan fingerprint density at radius 3 is 2.29 bits per heavy atom. The summed E-state index contributed by atoms with van der Waals surface area (Å²) in [7, 11) is 4.90. The highest BCUT2D eigenvalue weighted by Gasteiger charge is 2.38. The highest BCUT2D eigenvalue weighted by Crippen LogP contribution is 2.39. The number of fused-ring (bicyclic) bond motifs is 1. The summed E-state index contributed by atoms with van der Waals surface area (Å²) in [5.41, 5.74) is 1.14. The van der Waals surface area contributed by atoms with E-state index in [0.717, 1.165) is 38.2 Å². The molecular weight excluding hydrogens is 308 g/mol. The first kappa shape index (κ1) is 17.3. The Hall–Kier alpha value is -1.50. The molecule has 1 N–H and O–H groups in total. The predicted molar refractivity (Wildman–Crippen MR) is 92.0 cm³/mol. The molecule has 0 unspecified atom stereocenters. The molecule has 0 bridgehead atoms. The monoisotopic (exact) mass is 336 g/mol. The SMILES string of the molecule is COc1cc(CN2C[C@@H]3C[C@@H](O)CN3C[C@@H]2C)cc(OC)c1OC. The van der Waals surface area contributed by atoms with Crippen molar-refractivity contribution in [2.75, 3.05) is 41.0 Å². The summed E-state index contributed by atoms with van der Waals surface area (Å²) in [4.78, 5) is 4.89. The molecule has 134 valence electrons. The number of methoxy groups -OCH3 is 3. The Labute approximate surface area is 143 Å². The molecule has 2 aliphatic rings. The molecule has 0 radical (unpaired) electrons. The van der Waals surface area contributed by atoms with Crippen LogP contribution in [0.25, 0.3) is 0 Å². The molecule has 3 atom stereocenters. The van der Waals surface area contributed by atoms with Crippen molar-refractivity contribution in [1.82, 2.24) is 9.80 Å². The molecule has 2 aliphatic heterocycles. The van der Waals surface area contributed by atoms with Crippen LogP contribution in [0.4, 0.5) is 0 Å². The highest BCUT2D eigenvalue weighted by atomic mass is 16.5. The van der Waals surface area contributed by atoms with Gasteiger partial charge in [-0.05, 0) is 31.0 Å². The summed E-state index contributed by atoms with van der Waals surface area (Å²) in [5.74, 6) is 2.00. The second-order valence-electron chi connectivity index (χ2n) is 6.81. The third-order valence-electron chi connectivity index (χ3n) is 5.18. The lowest BCUT2D eigenvalue weighted by Gasteiger charge is -2.42. The molecule has 24 heavy (non-hydrogen) atoms. The first-order valence-corrected chi connectivity index (χ1v) is 8.50. The van der Waals surface area contributed by atoms with E-state index in [1.165, 1.54) is 0 Å². The minimum Gasteiger partial charge on any atom is -0.493 e. The van der Waals surface area contributed by atoms with Gasteiger partial charge in [-0.3, -0.25) is 9.80 Å². The molecule has 0 aromatic heterocycles. The van der Waals surface area contributed by atoms with Gasteiger partial charge >= 0.3 is 0 Å². The van der Waals surface area contributed by atoms with Crippen molar-refractivity contribution in [2.45, 2.75) is 38.1 Å². The number of ether oxygens (including phenoxy) is 3. The van der Waals surface area contributed by atoms with Gasteiger partial charge in [0.05, 0.1) is 27.4 Å². The van der Waals surface area contributed by atoms with Crippen LogP contribution in [-0.2, 0) is 6.54 Å². The van der Waals surface area contributed by atoms with Crippen LogP contribution in [0.15, 0.2) is 12.1 Å². The van der Waals surface area contributed by atoms with Crippen molar-refractivity contribution in [1.29, 1.82) is 0 Å². The van der Waals surface area contributed by atoms with E-state index in [-0.39, 0.29) is 6.10 Å². The van der Waals surface area contributed by atoms with E-state index >= 15 is 0 Å². The summed E-state index contributed by atoms with van der Waals surface area (Å²) < 4.78 is 16.3. The number of hydrogen-bond acceptors (Lipinski definition) is 6. The maximum Gasteiger partial charge on any atom is 0.203 e. The van der Waals surface area contributed by atoms with E-state index in [0.29, 0.717) is 29.3 Å². The van der Waals surface area contributed by atoms with Gasteiger partial charge in [-0.2, -0.15) is 0 Å². The Morgan fingerprint density at radius 2 is 1.71 bits per heavy atom. The lowest BCUT2D eigenvalue weighted by molar-refractivity contribution is 0.0527. The molecule has 0 aliphatic carbocycles. The molecule has 6 heteroatoms. The van der Waals surface area contributed by atoms with Crippen LogP contribution in [0.2, 0.25) is 0 Å². The highest BCUT2D eigenvalue weighted by molar-refractivity contribution is 5.53. The van der Waals surface area contributed by atoms with Crippen LogP contribution in [-0.4, -0.2) is 74.1 Å². The smallest absolute Gasteiger partial charge is 0.203 e. The quantitative estimate of drug-likeness (QED) is 0.876. The van der Waals surface area contributed by atoms with Gasteiger partial charge in [-0.15, -0.1) is 0 Å². The normalized spacial score (nSPS) is 27.8. The largest absolute Gasteiger partial charge is 0.493 e. The van der Waals surface area contributed by atoms with Gasteiger partial charge in [0.1, 0.15) is 0 Å². The molecular formula is C18H28N2O4. The lowest BCUT2D eigenvalue weighted by atomic mass is 10.1. The molecule has 0 saturated carbocycles. The molecule has 0 amide bonds. The fourth-order valence-electron chi connectivity index (χ4n) is 3.96. The average Bonchev–Trinajstić information content (AvgIpc) is 2.93. The molecule has 0 spiro atoms. The van der Waals surface area contributed by atoms with E-state index in [2.05, 4.69) is 16.7 Å². The molecule has 1 aromatic rings. The van der Waals surface area contributed by atoms with E-state index in [4.69, 9.17) is 14.2 Å². The second kappa shape index (κ2) is 7.17. The van der Waals surface area contributed by atoms with E-state index in [1.807, 2.05) is 12.1 Å². The number of piperazine rings is 1. The zero-order valence-corrected chi connectivity index (χ0v) is 15.0. The molecule has 6 nitrogen and oxygen atoms in total. The number of aliphatic hydroxyl groups excluding tert-OH is 1. The summed E-state index contributed by atoms with van der Waals surface area (Å²) in [6, 6.07) is 4.94. The fourth-order valence-corrected chi connectivity index (χ4v) is 3.96. The van der Waals surface area contributed by atoms with Crippen molar-refractivity contribution < 1.29 is 19.3 Å². The van der Waals surface area contributed by atoms with Gasteiger partial charge in [0, 0.05) is 38.3 Å². The number of benzene rings is 1. The molecule has 2 saturated heterocycles. The van der Waals surface area contributed by atoms with E-state index in [9.17, 15) is 5.11 Å². The Bertz CT molecular complexity index is 555. The Morgan fingerprint density at radius 1 is 1.04 bits per heavy atom. The van der Waals surface area contributed by atoms with E-state index in [1.54, 1.807) is 21.3 Å². The number of hydrogen-bond donors (Lipinski definition) is 1. The minimum absolute atomic E-state index is 0.177. The van der Waals surface area contributed by atoms with Crippen LogP contribution in [0.3, 0.4) is 0 Å². The van der Waals surface area contributed by atoms with Crippen LogP contribution in [0.1, 0.15) is 18.9 Å². The Kier molecular flexibility index (Phi) is 5.18. The third-order valence-corrected chi connectivity index (χ3v) is 5.18. The molecule has 2 heterocycles. The first-order chi connectivity index (χ1) is 11.5. The van der Waals surface area contributed by atoms with E-state index < -0.39 is 0 Å². The van der Waals surface area contributed by atoms with Crippen LogP contribution in [0.5, 0.6) is 17.2 Å².